The van der Waals surface area contributed by atoms with Crippen molar-refractivity contribution >= 4 is 40.3 Å². The van der Waals surface area contributed by atoms with Crippen molar-refractivity contribution in [3.05, 3.63) is 27.3 Å². The number of carboxylic acid groups (broad SMARTS) is 1. The number of urea groups is 1. The Kier molecular flexibility index (Phi) is 5.39. The number of carbonyl (C=O) groups is 2. The number of amides is 2. The molecule has 2 amide bonds. The molecule has 98 valence electrons. The summed E-state index contributed by atoms with van der Waals surface area (Å²) < 4.78 is 0.804. The second-order valence-electron chi connectivity index (χ2n) is 4.22. The minimum absolute atomic E-state index is 0.0848. The first kappa shape index (κ1) is 14.7. The molecule has 18 heavy (non-hydrogen) atoms. The first-order valence-electron chi connectivity index (χ1n) is 5.48. The number of nitrogens with one attached hydrogen (secondary N) is 2. The Morgan fingerprint density at radius 3 is 2.61 bits per heavy atom. The first-order valence-corrected chi connectivity index (χ1v) is 6.55. The summed E-state index contributed by atoms with van der Waals surface area (Å²) in [5, 5.41) is 14.3. The Labute approximate surface area is 119 Å². The molecule has 6 heteroatoms. The van der Waals surface area contributed by atoms with E-state index >= 15 is 0 Å². The molecule has 0 spiro atoms. The largest absolute Gasteiger partial charge is 0.478 e. The molecule has 0 aromatic heterocycles. The van der Waals surface area contributed by atoms with Gasteiger partial charge in [0.05, 0.1) is 11.3 Å². The van der Waals surface area contributed by atoms with Gasteiger partial charge in [-0.1, -0.05) is 13.8 Å². The summed E-state index contributed by atoms with van der Waals surface area (Å²) in [6.07, 6.45) is 0. The number of hydrogen-bond acceptors (Lipinski definition) is 2. The monoisotopic (exact) mass is 362 g/mol. The molecule has 0 saturated heterocycles. The quantitative estimate of drug-likeness (QED) is 0.721. The number of hydrogen-bond donors (Lipinski definition) is 3. The average molecular weight is 362 g/mol. The predicted molar refractivity (Wildman–Crippen MR) is 78.0 cm³/mol. The SMILES string of the molecule is CC(C)CNC(=O)Nc1ccc(I)cc1C(=O)O. The van der Waals surface area contributed by atoms with Crippen molar-refractivity contribution in [3.63, 3.8) is 0 Å². The van der Waals surface area contributed by atoms with Gasteiger partial charge in [-0.15, -0.1) is 0 Å². The minimum Gasteiger partial charge on any atom is -0.478 e. The maximum atomic E-state index is 11.6. The van der Waals surface area contributed by atoms with Crippen LogP contribution in [0.5, 0.6) is 0 Å². The summed E-state index contributed by atoms with van der Waals surface area (Å²) in [4.78, 5) is 22.6. The van der Waals surface area contributed by atoms with Crippen LogP contribution in [0.15, 0.2) is 18.2 Å². The normalized spacial score (nSPS) is 10.2. The fourth-order valence-corrected chi connectivity index (χ4v) is 1.76. The number of rotatable bonds is 4. The Hall–Kier alpha value is -1.31. The van der Waals surface area contributed by atoms with Crippen LogP contribution in [-0.2, 0) is 0 Å². The zero-order valence-electron chi connectivity index (χ0n) is 10.2. The van der Waals surface area contributed by atoms with E-state index in [1.807, 2.05) is 36.4 Å². The molecule has 3 N–H and O–H groups in total. The molecule has 5 nitrogen and oxygen atoms in total. The van der Waals surface area contributed by atoms with Crippen LogP contribution in [0.4, 0.5) is 10.5 Å². The molecule has 1 aromatic carbocycles. The number of halogens is 1. The van der Waals surface area contributed by atoms with Crippen molar-refractivity contribution in [1.29, 1.82) is 0 Å². The fraction of sp³-hybridized carbons (Fsp3) is 0.333. The van der Waals surface area contributed by atoms with Gasteiger partial charge in [0.15, 0.2) is 0 Å². The maximum Gasteiger partial charge on any atom is 0.337 e. The van der Waals surface area contributed by atoms with Crippen molar-refractivity contribution in [2.24, 2.45) is 5.92 Å². The van der Waals surface area contributed by atoms with E-state index in [0.717, 1.165) is 3.57 Å². The highest BCUT2D eigenvalue weighted by atomic mass is 127. The standard InChI is InChI=1S/C12H15IN2O3/c1-7(2)6-14-12(18)15-10-4-3-8(13)5-9(10)11(16)17/h3-5,7H,6H2,1-2H3,(H,16,17)(H2,14,15,18). The molecular weight excluding hydrogens is 347 g/mol. The predicted octanol–water partition coefficient (Wildman–Crippen LogP) is 2.77. The van der Waals surface area contributed by atoms with Crippen LogP contribution in [0.2, 0.25) is 0 Å². The Morgan fingerprint density at radius 1 is 1.39 bits per heavy atom. The van der Waals surface area contributed by atoms with E-state index in [1.54, 1.807) is 12.1 Å². The van der Waals surface area contributed by atoms with E-state index in [4.69, 9.17) is 5.11 Å². The third-order valence-corrected chi connectivity index (χ3v) is 2.80. The van der Waals surface area contributed by atoms with Gasteiger partial charge >= 0.3 is 12.0 Å². The molecule has 0 saturated carbocycles. The smallest absolute Gasteiger partial charge is 0.337 e. The van der Waals surface area contributed by atoms with Crippen LogP contribution in [0.1, 0.15) is 24.2 Å². The van der Waals surface area contributed by atoms with Gasteiger partial charge in [-0.05, 0) is 46.7 Å². The van der Waals surface area contributed by atoms with Crippen LogP contribution in [0.3, 0.4) is 0 Å². The highest BCUT2D eigenvalue weighted by molar-refractivity contribution is 14.1. The van der Waals surface area contributed by atoms with Gasteiger partial charge in [0.2, 0.25) is 0 Å². The van der Waals surface area contributed by atoms with Crippen LogP contribution in [-0.4, -0.2) is 23.7 Å². The number of carbonyl (C=O) groups excluding carboxylic acids is 1. The van der Waals surface area contributed by atoms with Crippen molar-refractivity contribution in [3.8, 4) is 0 Å². The third-order valence-electron chi connectivity index (χ3n) is 2.13. The van der Waals surface area contributed by atoms with Gasteiger partial charge in [-0.25, -0.2) is 9.59 Å². The molecule has 1 aromatic rings. The lowest BCUT2D eigenvalue weighted by Gasteiger charge is -2.11. The summed E-state index contributed by atoms with van der Waals surface area (Å²) >= 11 is 2.02. The van der Waals surface area contributed by atoms with Gasteiger partial charge in [0.1, 0.15) is 0 Å². The molecule has 0 aliphatic carbocycles. The van der Waals surface area contributed by atoms with Crippen molar-refractivity contribution in [2.75, 3.05) is 11.9 Å². The lowest BCUT2D eigenvalue weighted by atomic mass is 10.2. The number of anilines is 1. The Balaban J connectivity index is 2.78. The average Bonchev–Trinajstić information content (AvgIpc) is 2.28. The molecule has 0 unspecified atom stereocenters. The van der Waals surface area contributed by atoms with Crippen LogP contribution in [0, 0.1) is 9.49 Å². The highest BCUT2D eigenvalue weighted by Crippen LogP contribution is 2.18. The number of aromatic carboxylic acids is 1. The Morgan fingerprint density at radius 2 is 2.06 bits per heavy atom. The lowest BCUT2D eigenvalue weighted by molar-refractivity contribution is 0.0698. The van der Waals surface area contributed by atoms with Gasteiger partial charge in [-0.3, -0.25) is 0 Å². The maximum absolute atomic E-state index is 11.6. The zero-order valence-corrected chi connectivity index (χ0v) is 12.3. The van der Waals surface area contributed by atoms with E-state index in [0.29, 0.717) is 18.2 Å². The summed E-state index contributed by atoms with van der Waals surface area (Å²) in [7, 11) is 0. The molecule has 1 rings (SSSR count). The minimum atomic E-state index is -1.06. The zero-order chi connectivity index (χ0) is 13.7. The molecule has 0 bridgehead atoms. The molecule has 0 heterocycles. The molecule has 0 radical (unpaired) electrons. The number of benzene rings is 1. The van der Waals surface area contributed by atoms with E-state index in [1.165, 1.54) is 6.07 Å². The third kappa shape index (κ3) is 4.52. The van der Waals surface area contributed by atoms with Crippen LogP contribution < -0.4 is 10.6 Å². The topological polar surface area (TPSA) is 78.4 Å². The fourth-order valence-electron chi connectivity index (χ4n) is 1.27. The lowest BCUT2D eigenvalue weighted by Crippen LogP contribution is -2.32. The molecular formula is C12H15IN2O3. The van der Waals surface area contributed by atoms with E-state index in [2.05, 4.69) is 10.6 Å². The van der Waals surface area contributed by atoms with Crippen molar-refractivity contribution in [1.82, 2.24) is 5.32 Å². The van der Waals surface area contributed by atoms with Gasteiger partial charge in [0, 0.05) is 10.1 Å². The van der Waals surface area contributed by atoms with Crippen LogP contribution in [0.25, 0.3) is 0 Å². The second kappa shape index (κ2) is 6.58. The molecule has 0 aliphatic rings. The second-order valence-corrected chi connectivity index (χ2v) is 5.47. The molecule has 0 atom stereocenters. The molecule has 0 aliphatic heterocycles. The number of carboxylic acids is 1. The molecule has 0 fully saturated rings. The van der Waals surface area contributed by atoms with Crippen LogP contribution >= 0.6 is 22.6 Å². The highest BCUT2D eigenvalue weighted by Gasteiger charge is 2.12. The van der Waals surface area contributed by atoms with Gasteiger partial charge < -0.3 is 15.7 Å². The summed E-state index contributed by atoms with van der Waals surface area (Å²) in [5.74, 6) is -0.723. The van der Waals surface area contributed by atoms with E-state index < -0.39 is 12.0 Å². The summed E-state index contributed by atoms with van der Waals surface area (Å²) in [6, 6.07) is 4.44. The summed E-state index contributed by atoms with van der Waals surface area (Å²) in [6.45, 7) is 4.50. The summed E-state index contributed by atoms with van der Waals surface area (Å²) in [5.41, 5.74) is 0.380. The van der Waals surface area contributed by atoms with Gasteiger partial charge in [0.25, 0.3) is 0 Å². The van der Waals surface area contributed by atoms with Crippen molar-refractivity contribution < 1.29 is 14.7 Å². The van der Waals surface area contributed by atoms with E-state index in [-0.39, 0.29) is 5.56 Å². The first-order chi connectivity index (χ1) is 8.40. The van der Waals surface area contributed by atoms with E-state index in [9.17, 15) is 9.59 Å². The van der Waals surface area contributed by atoms with Gasteiger partial charge in [-0.2, -0.15) is 0 Å². The van der Waals surface area contributed by atoms with Crippen molar-refractivity contribution in [2.45, 2.75) is 13.8 Å². The Bertz CT molecular complexity index is 461.